The standard InChI is InChI=1S/C16H29NO2/c1-14(2)13-19-12-11-17-16(18)10-6-9-15-7-4-3-5-8-15/h15H,1,3-13H2,2H3,(H,17,18). The van der Waals surface area contributed by atoms with E-state index in [0.29, 0.717) is 26.2 Å². The van der Waals surface area contributed by atoms with E-state index in [4.69, 9.17) is 4.74 Å². The second-order valence-electron chi connectivity index (χ2n) is 5.76. The van der Waals surface area contributed by atoms with Crippen molar-refractivity contribution in [2.75, 3.05) is 19.8 Å². The fraction of sp³-hybridized carbons (Fsp3) is 0.812. The molecule has 0 heterocycles. The molecule has 0 atom stereocenters. The average molecular weight is 267 g/mol. The average Bonchev–Trinajstić information content (AvgIpc) is 2.39. The number of hydrogen-bond acceptors (Lipinski definition) is 2. The van der Waals surface area contributed by atoms with Crippen LogP contribution in [0.5, 0.6) is 0 Å². The van der Waals surface area contributed by atoms with Gasteiger partial charge in [0.1, 0.15) is 0 Å². The van der Waals surface area contributed by atoms with Crippen molar-refractivity contribution in [2.24, 2.45) is 5.92 Å². The monoisotopic (exact) mass is 267 g/mol. The Hall–Kier alpha value is -0.830. The van der Waals surface area contributed by atoms with Crippen LogP contribution in [0.15, 0.2) is 12.2 Å². The van der Waals surface area contributed by atoms with Crippen LogP contribution >= 0.6 is 0 Å². The molecule has 1 fully saturated rings. The maximum Gasteiger partial charge on any atom is 0.220 e. The number of carbonyl (C=O) groups is 1. The Bertz CT molecular complexity index is 270. The minimum absolute atomic E-state index is 0.162. The molecule has 19 heavy (non-hydrogen) atoms. The molecule has 0 aromatic rings. The fourth-order valence-corrected chi connectivity index (χ4v) is 2.62. The summed E-state index contributed by atoms with van der Waals surface area (Å²) in [7, 11) is 0. The van der Waals surface area contributed by atoms with Crippen LogP contribution in [0.3, 0.4) is 0 Å². The number of carbonyl (C=O) groups excluding carboxylic acids is 1. The summed E-state index contributed by atoms with van der Waals surface area (Å²) in [6.07, 6.45) is 9.83. The maximum absolute atomic E-state index is 11.6. The van der Waals surface area contributed by atoms with Crippen molar-refractivity contribution < 1.29 is 9.53 Å². The predicted octanol–water partition coefficient (Wildman–Crippen LogP) is 3.45. The highest BCUT2D eigenvalue weighted by Crippen LogP contribution is 2.27. The predicted molar refractivity (Wildman–Crippen MR) is 79.1 cm³/mol. The molecule has 1 aliphatic carbocycles. The van der Waals surface area contributed by atoms with Crippen molar-refractivity contribution in [3.63, 3.8) is 0 Å². The van der Waals surface area contributed by atoms with Gasteiger partial charge in [0.05, 0.1) is 13.2 Å². The molecule has 3 heteroatoms. The van der Waals surface area contributed by atoms with Crippen molar-refractivity contribution in [1.29, 1.82) is 0 Å². The molecule has 1 aliphatic rings. The van der Waals surface area contributed by atoms with Crippen LogP contribution in [0.1, 0.15) is 58.3 Å². The first kappa shape index (κ1) is 16.2. The topological polar surface area (TPSA) is 38.3 Å². The third-order valence-corrected chi connectivity index (χ3v) is 3.66. The Morgan fingerprint density at radius 3 is 2.74 bits per heavy atom. The van der Waals surface area contributed by atoms with E-state index in [9.17, 15) is 4.79 Å². The van der Waals surface area contributed by atoms with Gasteiger partial charge in [0, 0.05) is 13.0 Å². The zero-order valence-electron chi connectivity index (χ0n) is 12.4. The minimum Gasteiger partial charge on any atom is -0.375 e. The van der Waals surface area contributed by atoms with E-state index in [0.717, 1.165) is 17.9 Å². The smallest absolute Gasteiger partial charge is 0.220 e. The highest BCUT2D eigenvalue weighted by atomic mass is 16.5. The van der Waals surface area contributed by atoms with Gasteiger partial charge in [0.2, 0.25) is 5.91 Å². The molecule has 0 aromatic carbocycles. The molecule has 1 N–H and O–H groups in total. The van der Waals surface area contributed by atoms with E-state index in [1.54, 1.807) is 0 Å². The second-order valence-corrected chi connectivity index (χ2v) is 5.76. The Morgan fingerprint density at radius 2 is 2.05 bits per heavy atom. The zero-order valence-corrected chi connectivity index (χ0v) is 12.4. The molecular formula is C16H29NO2. The van der Waals surface area contributed by atoms with Crippen molar-refractivity contribution in [1.82, 2.24) is 5.32 Å². The summed E-state index contributed by atoms with van der Waals surface area (Å²) in [5, 5.41) is 2.90. The SMILES string of the molecule is C=C(C)COCCNC(=O)CCCC1CCCCC1. The summed E-state index contributed by atoms with van der Waals surface area (Å²) in [6.45, 7) is 7.45. The Kier molecular flexibility index (Phi) is 8.55. The Morgan fingerprint density at radius 1 is 1.32 bits per heavy atom. The van der Waals surface area contributed by atoms with E-state index in [-0.39, 0.29) is 5.91 Å². The molecule has 0 unspecified atom stereocenters. The van der Waals surface area contributed by atoms with Gasteiger partial charge in [-0.2, -0.15) is 0 Å². The highest BCUT2D eigenvalue weighted by molar-refractivity contribution is 5.75. The van der Waals surface area contributed by atoms with E-state index in [1.165, 1.54) is 38.5 Å². The number of nitrogens with one attached hydrogen (secondary N) is 1. The molecule has 0 aromatic heterocycles. The van der Waals surface area contributed by atoms with Gasteiger partial charge in [-0.25, -0.2) is 0 Å². The number of ether oxygens (including phenoxy) is 1. The van der Waals surface area contributed by atoms with Crippen LogP contribution in [0, 0.1) is 5.92 Å². The molecule has 0 spiro atoms. The summed E-state index contributed by atoms with van der Waals surface area (Å²) < 4.78 is 5.33. The quantitative estimate of drug-likeness (QED) is 0.513. The third kappa shape index (κ3) is 8.82. The van der Waals surface area contributed by atoms with E-state index in [2.05, 4.69) is 11.9 Å². The lowest BCUT2D eigenvalue weighted by Crippen LogP contribution is -2.27. The van der Waals surface area contributed by atoms with Crippen LogP contribution in [0.4, 0.5) is 0 Å². The lowest BCUT2D eigenvalue weighted by Gasteiger charge is -2.21. The molecule has 0 radical (unpaired) electrons. The van der Waals surface area contributed by atoms with Crippen molar-refractivity contribution >= 4 is 5.91 Å². The summed E-state index contributed by atoms with van der Waals surface area (Å²) in [4.78, 5) is 11.6. The largest absolute Gasteiger partial charge is 0.375 e. The van der Waals surface area contributed by atoms with Gasteiger partial charge in [0.15, 0.2) is 0 Å². The van der Waals surface area contributed by atoms with Gasteiger partial charge < -0.3 is 10.1 Å². The first-order valence-corrected chi connectivity index (χ1v) is 7.67. The molecule has 0 saturated heterocycles. The number of rotatable bonds is 9. The van der Waals surface area contributed by atoms with Gasteiger partial charge in [-0.1, -0.05) is 44.3 Å². The number of hydrogen-bond donors (Lipinski definition) is 1. The van der Waals surface area contributed by atoms with Gasteiger partial charge in [-0.15, -0.1) is 0 Å². The van der Waals surface area contributed by atoms with Crippen LogP contribution < -0.4 is 5.32 Å². The molecule has 0 aliphatic heterocycles. The van der Waals surface area contributed by atoms with Crippen LogP contribution in [-0.2, 0) is 9.53 Å². The lowest BCUT2D eigenvalue weighted by atomic mass is 9.86. The summed E-state index contributed by atoms with van der Waals surface area (Å²) >= 11 is 0. The van der Waals surface area contributed by atoms with Gasteiger partial charge in [0.25, 0.3) is 0 Å². The molecule has 1 rings (SSSR count). The number of amides is 1. The first-order valence-electron chi connectivity index (χ1n) is 7.67. The summed E-state index contributed by atoms with van der Waals surface area (Å²) in [5.41, 5.74) is 1.01. The Labute approximate surface area is 117 Å². The molecule has 3 nitrogen and oxygen atoms in total. The van der Waals surface area contributed by atoms with Gasteiger partial charge >= 0.3 is 0 Å². The zero-order chi connectivity index (χ0) is 13.9. The van der Waals surface area contributed by atoms with E-state index >= 15 is 0 Å². The van der Waals surface area contributed by atoms with Gasteiger partial charge in [-0.05, 0) is 25.7 Å². The van der Waals surface area contributed by atoms with Crippen molar-refractivity contribution in [3.05, 3.63) is 12.2 Å². The Balaban J connectivity index is 1.91. The second kappa shape index (κ2) is 10.0. The maximum atomic E-state index is 11.6. The first-order chi connectivity index (χ1) is 9.18. The van der Waals surface area contributed by atoms with Crippen molar-refractivity contribution in [2.45, 2.75) is 58.3 Å². The van der Waals surface area contributed by atoms with Crippen molar-refractivity contribution in [3.8, 4) is 0 Å². The normalized spacial score (nSPS) is 16.3. The highest BCUT2D eigenvalue weighted by Gasteiger charge is 2.13. The molecular weight excluding hydrogens is 238 g/mol. The van der Waals surface area contributed by atoms with Crippen LogP contribution in [0.25, 0.3) is 0 Å². The summed E-state index contributed by atoms with van der Waals surface area (Å²) in [5.74, 6) is 1.04. The van der Waals surface area contributed by atoms with Crippen LogP contribution in [-0.4, -0.2) is 25.7 Å². The minimum atomic E-state index is 0.162. The third-order valence-electron chi connectivity index (χ3n) is 3.66. The van der Waals surface area contributed by atoms with Crippen LogP contribution in [0.2, 0.25) is 0 Å². The molecule has 1 saturated carbocycles. The fourth-order valence-electron chi connectivity index (χ4n) is 2.62. The molecule has 110 valence electrons. The molecule has 0 bridgehead atoms. The van der Waals surface area contributed by atoms with E-state index < -0.39 is 0 Å². The van der Waals surface area contributed by atoms with E-state index in [1.807, 2.05) is 6.92 Å². The lowest BCUT2D eigenvalue weighted by molar-refractivity contribution is -0.121. The molecule has 1 amide bonds. The summed E-state index contributed by atoms with van der Waals surface area (Å²) in [6, 6.07) is 0. The van der Waals surface area contributed by atoms with Gasteiger partial charge in [-0.3, -0.25) is 4.79 Å².